The Kier molecular flexibility index (Phi) is 25.9. The van der Waals surface area contributed by atoms with Crippen molar-refractivity contribution in [2.45, 2.75) is 44.6 Å². The number of amides is 4. The molecule has 4 amide bonds. The Hall–Kier alpha value is -6.52. The number of halogens is 1. The Morgan fingerprint density at radius 2 is 1.31 bits per heavy atom. The van der Waals surface area contributed by atoms with Crippen LogP contribution in [-0.2, 0) is 38.0 Å². The highest BCUT2D eigenvalue weighted by molar-refractivity contribution is 6.17. The summed E-state index contributed by atoms with van der Waals surface area (Å²) >= 11 is 5.66. The van der Waals surface area contributed by atoms with Crippen LogP contribution in [0.3, 0.4) is 0 Å². The van der Waals surface area contributed by atoms with E-state index in [0.29, 0.717) is 80.2 Å². The minimum absolute atomic E-state index is 0.0353. The van der Waals surface area contributed by atoms with E-state index in [1.807, 2.05) is 59.3 Å². The van der Waals surface area contributed by atoms with Gasteiger partial charge in [0.1, 0.15) is 49.2 Å². The van der Waals surface area contributed by atoms with E-state index in [1.54, 1.807) is 11.0 Å². The number of alkyl halides is 1. The first-order valence-electron chi connectivity index (χ1n) is 23.8. The molecule has 3 heterocycles. The van der Waals surface area contributed by atoms with Gasteiger partial charge in [0.25, 0.3) is 0 Å². The molecule has 1 saturated heterocycles. The van der Waals surface area contributed by atoms with E-state index < -0.39 is 18.3 Å². The number of nitrogen functional groups attached to an aromatic ring is 1. The number of carbonyl (C=O) groups excluding carboxylic acids is 4. The molecule has 1 fully saturated rings. The van der Waals surface area contributed by atoms with Crippen LogP contribution >= 0.6 is 11.6 Å². The Morgan fingerprint density at radius 3 is 2.01 bits per heavy atom. The molecular formula is C49H66ClN9O12. The van der Waals surface area contributed by atoms with Gasteiger partial charge in [-0.05, 0) is 74.2 Å². The predicted octanol–water partition coefficient (Wildman–Crippen LogP) is 6.19. The van der Waals surface area contributed by atoms with Crippen LogP contribution in [-0.4, -0.2) is 160 Å². The quantitative estimate of drug-likeness (QED) is 0.0140. The van der Waals surface area contributed by atoms with Gasteiger partial charge in [0, 0.05) is 56.9 Å². The zero-order valence-corrected chi connectivity index (χ0v) is 40.8. The van der Waals surface area contributed by atoms with Crippen molar-refractivity contribution in [1.29, 1.82) is 0 Å². The maximum atomic E-state index is 13.2. The number of aromatic nitrogens is 4. The Morgan fingerprint density at radius 1 is 0.690 bits per heavy atom. The molecule has 5 rings (SSSR count). The van der Waals surface area contributed by atoms with Gasteiger partial charge in [-0.15, -0.1) is 11.6 Å². The lowest BCUT2D eigenvalue weighted by molar-refractivity contribution is -0.127. The standard InChI is InChI=1S/C49H66ClN9O12/c50-20-6-1-2-7-25-64-30-31-65-29-23-54-49(63)70-35-34-67-33-32-66-28-22-53-48(62)69-27-9-8-26-68-47(61)52-21-10-15-42(60)58-24-11-12-39(36-58)59-46-43(45(51)55-37-56-46)44(57-59)38-16-18-41(19-17-38)71-40-13-4-3-5-14-40/h3-5,8-10,13-19,37,39H,1-2,6-7,11-12,20-36H2,(H,52,61)(H,53,62)(H,54,63)(H2,51,55,56)/b9-8-,15-10+/t39-/m1/s1. The number of nitrogens with one attached hydrogen (secondary N) is 3. The first-order chi connectivity index (χ1) is 34.8. The fourth-order valence-electron chi connectivity index (χ4n) is 7.00. The maximum Gasteiger partial charge on any atom is 0.407 e. The second-order valence-electron chi connectivity index (χ2n) is 15.8. The summed E-state index contributed by atoms with van der Waals surface area (Å²) in [7, 11) is 0. The van der Waals surface area contributed by atoms with Crippen molar-refractivity contribution in [2.24, 2.45) is 0 Å². The molecule has 0 spiro atoms. The third kappa shape index (κ3) is 21.2. The molecule has 4 aromatic rings. The molecule has 71 heavy (non-hydrogen) atoms. The largest absolute Gasteiger partial charge is 0.457 e. The number of fused-ring (bicyclic) bond motifs is 1. The number of alkyl carbamates (subject to hydrolysis) is 3. The number of nitrogens with two attached hydrogens (primary N) is 1. The lowest BCUT2D eigenvalue weighted by atomic mass is 10.1. The highest BCUT2D eigenvalue weighted by Crippen LogP contribution is 2.35. The van der Waals surface area contributed by atoms with Crippen LogP contribution in [0, 0.1) is 0 Å². The van der Waals surface area contributed by atoms with E-state index in [-0.39, 0.29) is 71.3 Å². The van der Waals surface area contributed by atoms with Gasteiger partial charge in [-0.25, -0.2) is 29.0 Å². The van der Waals surface area contributed by atoms with Crippen molar-refractivity contribution in [3.8, 4) is 22.8 Å². The van der Waals surface area contributed by atoms with Crippen molar-refractivity contribution in [2.75, 3.05) is 117 Å². The van der Waals surface area contributed by atoms with Crippen molar-refractivity contribution in [3.05, 3.63) is 85.2 Å². The summed E-state index contributed by atoms with van der Waals surface area (Å²) < 4.78 is 44.7. The summed E-state index contributed by atoms with van der Waals surface area (Å²) in [5.41, 5.74) is 8.41. The summed E-state index contributed by atoms with van der Waals surface area (Å²) in [4.78, 5) is 59.5. The van der Waals surface area contributed by atoms with Gasteiger partial charge in [0.15, 0.2) is 5.65 Å². The molecule has 0 unspecified atom stereocenters. The Bertz CT molecular complexity index is 2250. The Balaban J connectivity index is 0.848. The molecule has 1 atom stereocenters. The monoisotopic (exact) mass is 1010 g/mol. The van der Waals surface area contributed by atoms with Crippen molar-refractivity contribution in [1.82, 2.24) is 40.6 Å². The van der Waals surface area contributed by atoms with E-state index in [4.69, 9.17) is 60.3 Å². The van der Waals surface area contributed by atoms with Crippen LogP contribution in [0.1, 0.15) is 44.6 Å². The summed E-state index contributed by atoms with van der Waals surface area (Å²) in [6, 6.07) is 16.9. The van der Waals surface area contributed by atoms with Crippen molar-refractivity contribution in [3.63, 3.8) is 0 Å². The first-order valence-corrected chi connectivity index (χ1v) is 24.4. The summed E-state index contributed by atoms with van der Waals surface area (Å²) in [5, 5.41) is 13.3. The fourth-order valence-corrected chi connectivity index (χ4v) is 7.19. The van der Waals surface area contributed by atoms with Crippen LogP contribution in [0.25, 0.3) is 22.3 Å². The summed E-state index contributed by atoms with van der Waals surface area (Å²) in [5.74, 6) is 2.22. The smallest absolute Gasteiger partial charge is 0.407 e. The molecule has 0 saturated carbocycles. The second kappa shape index (κ2) is 33.1. The number of anilines is 1. The lowest BCUT2D eigenvalue weighted by Crippen LogP contribution is -2.40. The number of rotatable bonds is 32. The molecule has 5 N–H and O–H groups in total. The molecule has 22 heteroatoms. The van der Waals surface area contributed by atoms with Gasteiger partial charge in [-0.1, -0.05) is 37.1 Å². The summed E-state index contributed by atoms with van der Waals surface area (Å²) in [6.07, 6.45) is 11.4. The molecule has 0 aliphatic carbocycles. The van der Waals surface area contributed by atoms with Gasteiger partial charge in [-0.3, -0.25) is 4.79 Å². The zero-order valence-electron chi connectivity index (χ0n) is 40.0. The molecule has 0 radical (unpaired) electrons. The topological polar surface area (TPSA) is 251 Å². The molecule has 2 aromatic heterocycles. The number of nitrogens with zero attached hydrogens (tertiary/aromatic N) is 5. The van der Waals surface area contributed by atoms with Crippen LogP contribution in [0.5, 0.6) is 11.5 Å². The van der Waals surface area contributed by atoms with Crippen LogP contribution in [0.15, 0.2) is 85.2 Å². The molecular weight excluding hydrogens is 942 g/mol. The van der Waals surface area contributed by atoms with Gasteiger partial charge < -0.3 is 64.5 Å². The minimum Gasteiger partial charge on any atom is -0.457 e. The van der Waals surface area contributed by atoms with E-state index in [9.17, 15) is 19.2 Å². The van der Waals surface area contributed by atoms with Crippen LogP contribution < -0.4 is 26.4 Å². The molecule has 386 valence electrons. The Labute approximate surface area is 418 Å². The second-order valence-corrected chi connectivity index (χ2v) is 16.1. The number of likely N-dealkylation sites (tertiary alicyclic amines) is 1. The normalized spacial score (nSPS) is 13.6. The number of hydrogen-bond acceptors (Lipinski definition) is 16. The first kappa shape index (κ1) is 55.4. The fraction of sp³-hybridized carbons (Fsp3) is 0.490. The number of hydrogen-bond donors (Lipinski definition) is 4. The zero-order chi connectivity index (χ0) is 50.1. The number of piperidine rings is 1. The third-order valence-electron chi connectivity index (χ3n) is 10.5. The van der Waals surface area contributed by atoms with Crippen molar-refractivity contribution < 1.29 is 57.1 Å². The molecule has 21 nitrogen and oxygen atoms in total. The van der Waals surface area contributed by atoms with Gasteiger partial charge >= 0.3 is 18.3 Å². The minimum atomic E-state index is -0.679. The maximum absolute atomic E-state index is 13.2. The molecule has 1 aliphatic rings. The average molecular weight is 1010 g/mol. The van der Waals surface area contributed by atoms with E-state index in [0.717, 1.165) is 49.8 Å². The van der Waals surface area contributed by atoms with E-state index in [1.165, 1.54) is 24.6 Å². The highest BCUT2D eigenvalue weighted by Gasteiger charge is 2.28. The van der Waals surface area contributed by atoms with Gasteiger partial charge in [-0.2, -0.15) is 5.10 Å². The lowest BCUT2D eigenvalue weighted by Gasteiger charge is -2.32. The van der Waals surface area contributed by atoms with Crippen molar-refractivity contribution >= 4 is 52.6 Å². The number of unbranched alkanes of at least 4 members (excludes halogenated alkanes) is 3. The number of para-hydroxylation sites is 1. The molecule has 1 aliphatic heterocycles. The number of carbonyl (C=O) groups is 4. The predicted molar refractivity (Wildman–Crippen MR) is 265 cm³/mol. The summed E-state index contributed by atoms with van der Waals surface area (Å²) in [6.45, 7) is 4.63. The van der Waals surface area contributed by atoms with Gasteiger partial charge in [0.05, 0.1) is 57.7 Å². The van der Waals surface area contributed by atoms with Gasteiger partial charge in [0.2, 0.25) is 5.91 Å². The average Bonchev–Trinajstić information content (AvgIpc) is 3.78. The third-order valence-corrected chi connectivity index (χ3v) is 10.8. The molecule has 0 bridgehead atoms. The highest BCUT2D eigenvalue weighted by atomic mass is 35.5. The van der Waals surface area contributed by atoms with Crippen LogP contribution in [0.4, 0.5) is 20.2 Å². The SMILES string of the molecule is Nc1ncnc2c1c(-c1ccc(Oc3ccccc3)cc1)nn2[C@@H]1CCCN(C(=O)/C=C/CNC(=O)OC/C=C\COC(=O)NCCOCCOCCOC(=O)NCCOCCOCCCCCCCl)C1. The van der Waals surface area contributed by atoms with E-state index >= 15 is 0 Å². The number of ether oxygens (including phenoxy) is 8. The number of benzene rings is 2. The molecule has 2 aromatic carbocycles. The van der Waals surface area contributed by atoms with E-state index in [2.05, 4.69) is 25.9 Å². The van der Waals surface area contributed by atoms with Crippen LogP contribution in [0.2, 0.25) is 0 Å².